The summed E-state index contributed by atoms with van der Waals surface area (Å²) >= 11 is 2.24. The van der Waals surface area contributed by atoms with Crippen LogP contribution in [0.15, 0.2) is 18.7 Å². The molecule has 0 aliphatic rings. The van der Waals surface area contributed by atoms with E-state index in [0.29, 0.717) is 0 Å². The van der Waals surface area contributed by atoms with Crippen LogP contribution in [0.4, 0.5) is 0 Å². The third-order valence-corrected chi connectivity index (χ3v) is 2.53. The summed E-state index contributed by atoms with van der Waals surface area (Å²) in [5, 5.41) is 0. The first kappa shape index (κ1) is 11.4. The Kier molecular flexibility index (Phi) is 3.80. The van der Waals surface area contributed by atoms with E-state index >= 15 is 0 Å². The second-order valence-electron chi connectivity index (χ2n) is 2.97. The molecule has 1 aromatic rings. The molecule has 0 fully saturated rings. The third-order valence-electron chi connectivity index (χ3n) is 1.90. The lowest BCUT2D eigenvalue weighted by molar-refractivity contribution is 0.354. The molecule has 0 amide bonds. The molecule has 0 heterocycles. The fourth-order valence-corrected chi connectivity index (χ4v) is 1.84. The summed E-state index contributed by atoms with van der Waals surface area (Å²) < 4.78 is 11.6. The number of methoxy groups -OCH3 is 2. The molecule has 1 aromatic carbocycles. The van der Waals surface area contributed by atoms with Crippen LogP contribution in [0.5, 0.6) is 11.5 Å². The molecule has 0 unspecified atom stereocenters. The third kappa shape index (κ3) is 2.20. The van der Waals surface area contributed by atoms with Gasteiger partial charge in [0.1, 0.15) is 0 Å². The van der Waals surface area contributed by atoms with E-state index in [0.717, 1.165) is 26.2 Å². The van der Waals surface area contributed by atoms with Gasteiger partial charge in [-0.2, -0.15) is 0 Å². The van der Waals surface area contributed by atoms with Gasteiger partial charge in [0.2, 0.25) is 0 Å². The lowest BCUT2D eigenvalue weighted by Gasteiger charge is -2.13. The molecule has 0 saturated heterocycles. The molecule has 0 aromatic heterocycles. The van der Waals surface area contributed by atoms with E-state index < -0.39 is 0 Å². The Hall–Kier alpha value is -0.710. The second-order valence-corrected chi connectivity index (χ2v) is 4.21. The van der Waals surface area contributed by atoms with E-state index in [4.69, 9.17) is 9.47 Å². The minimum Gasteiger partial charge on any atom is -0.493 e. The van der Waals surface area contributed by atoms with Crippen LogP contribution in [0.25, 0.3) is 5.57 Å². The molecule has 2 nitrogen and oxygen atoms in total. The van der Waals surface area contributed by atoms with Gasteiger partial charge in [-0.3, -0.25) is 0 Å². The molecule has 14 heavy (non-hydrogen) atoms. The second kappa shape index (κ2) is 4.68. The molecule has 0 atom stereocenters. The van der Waals surface area contributed by atoms with Crippen LogP contribution in [0.1, 0.15) is 12.5 Å². The fraction of sp³-hybridized carbons (Fsp3) is 0.273. The predicted octanol–water partition coefficient (Wildman–Crippen LogP) is 3.34. The van der Waals surface area contributed by atoms with Crippen LogP contribution in [0, 0.1) is 3.57 Å². The topological polar surface area (TPSA) is 18.5 Å². The molecule has 1 rings (SSSR count). The van der Waals surface area contributed by atoms with E-state index in [9.17, 15) is 0 Å². The minimum atomic E-state index is 0.748. The van der Waals surface area contributed by atoms with Gasteiger partial charge in [-0.1, -0.05) is 6.58 Å². The van der Waals surface area contributed by atoms with Gasteiger partial charge >= 0.3 is 0 Å². The van der Waals surface area contributed by atoms with Crippen LogP contribution in [0.3, 0.4) is 0 Å². The average molecular weight is 304 g/mol. The Morgan fingerprint density at radius 3 is 2.36 bits per heavy atom. The Labute approximate surface area is 98.1 Å². The van der Waals surface area contributed by atoms with Crippen LogP contribution in [-0.2, 0) is 0 Å². The summed E-state index contributed by atoms with van der Waals surface area (Å²) in [6.07, 6.45) is 0. The maximum Gasteiger partial charge on any atom is 0.168 e. The molecule has 76 valence electrons. The summed E-state index contributed by atoms with van der Waals surface area (Å²) in [4.78, 5) is 0. The summed E-state index contributed by atoms with van der Waals surface area (Å²) in [6, 6.07) is 3.97. The number of halogens is 1. The van der Waals surface area contributed by atoms with Gasteiger partial charge in [0.15, 0.2) is 11.5 Å². The number of allylic oxidation sites excluding steroid dienone is 1. The predicted molar refractivity (Wildman–Crippen MR) is 67.0 cm³/mol. The smallest absolute Gasteiger partial charge is 0.168 e. The van der Waals surface area contributed by atoms with Crippen LogP contribution in [0.2, 0.25) is 0 Å². The van der Waals surface area contributed by atoms with Crippen molar-refractivity contribution in [2.45, 2.75) is 6.92 Å². The highest BCUT2D eigenvalue weighted by atomic mass is 127. The van der Waals surface area contributed by atoms with E-state index in [1.807, 2.05) is 19.1 Å². The van der Waals surface area contributed by atoms with Crippen molar-refractivity contribution < 1.29 is 9.47 Å². The monoisotopic (exact) mass is 304 g/mol. The quantitative estimate of drug-likeness (QED) is 0.797. The van der Waals surface area contributed by atoms with Crippen molar-refractivity contribution >= 4 is 28.2 Å². The van der Waals surface area contributed by atoms with Crippen LogP contribution < -0.4 is 9.47 Å². The highest BCUT2D eigenvalue weighted by Gasteiger charge is 2.11. The average Bonchev–Trinajstić information content (AvgIpc) is 2.16. The normalized spacial score (nSPS) is 9.71. The molecular formula is C11H13IO2. The molecular weight excluding hydrogens is 291 g/mol. The number of hydrogen-bond donors (Lipinski definition) is 0. The van der Waals surface area contributed by atoms with Gasteiger partial charge in [0, 0.05) is 9.13 Å². The van der Waals surface area contributed by atoms with Gasteiger partial charge in [-0.25, -0.2) is 0 Å². The van der Waals surface area contributed by atoms with Gasteiger partial charge in [-0.05, 0) is 47.2 Å². The molecule has 3 heteroatoms. The zero-order chi connectivity index (χ0) is 10.7. The van der Waals surface area contributed by atoms with Crippen molar-refractivity contribution in [3.63, 3.8) is 0 Å². The van der Waals surface area contributed by atoms with Crippen molar-refractivity contribution in [3.8, 4) is 11.5 Å². The van der Waals surface area contributed by atoms with Crippen molar-refractivity contribution in [3.05, 3.63) is 27.8 Å². The molecule has 0 bridgehead atoms. The lowest BCUT2D eigenvalue weighted by atomic mass is 10.1. The number of ether oxygens (including phenoxy) is 2. The minimum absolute atomic E-state index is 0.748. The maximum atomic E-state index is 5.29. The van der Waals surface area contributed by atoms with Crippen molar-refractivity contribution in [1.29, 1.82) is 0 Å². The van der Waals surface area contributed by atoms with Crippen molar-refractivity contribution in [1.82, 2.24) is 0 Å². The summed E-state index contributed by atoms with van der Waals surface area (Å²) in [5.41, 5.74) is 1.97. The first-order valence-corrected chi connectivity index (χ1v) is 5.25. The van der Waals surface area contributed by atoms with Crippen molar-refractivity contribution in [2.75, 3.05) is 14.2 Å². The first-order valence-electron chi connectivity index (χ1n) is 4.17. The highest BCUT2D eigenvalue weighted by Crippen LogP contribution is 2.36. The molecule has 0 spiro atoms. The zero-order valence-corrected chi connectivity index (χ0v) is 10.7. The van der Waals surface area contributed by atoms with Crippen LogP contribution in [-0.4, -0.2) is 14.2 Å². The van der Waals surface area contributed by atoms with E-state index in [2.05, 4.69) is 29.2 Å². The zero-order valence-electron chi connectivity index (χ0n) is 8.56. The number of benzene rings is 1. The summed E-state index contributed by atoms with van der Waals surface area (Å²) in [7, 11) is 3.27. The van der Waals surface area contributed by atoms with Gasteiger partial charge < -0.3 is 9.47 Å². The van der Waals surface area contributed by atoms with Gasteiger partial charge in [-0.15, -0.1) is 0 Å². The molecule has 0 aliphatic carbocycles. The fourth-order valence-electron chi connectivity index (χ4n) is 1.25. The first-order chi connectivity index (χ1) is 6.60. The Morgan fingerprint density at radius 2 is 1.93 bits per heavy atom. The van der Waals surface area contributed by atoms with E-state index in [-0.39, 0.29) is 0 Å². The van der Waals surface area contributed by atoms with Gasteiger partial charge in [0.05, 0.1) is 14.2 Å². The maximum absolute atomic E-state index is 5.29. The Bertz CT molecular complexity index is 359. The lowest BCUT2D eigenvalue weighted by Crippen LogP contribution is -1.95. The summed E-state index contributed by atoms with van der Waals surface area (Å²) in [5.74, 6) is 1.50. The molecule has 0 radical (unpaired) electrons. The Balaban J connectivity index is 3.39. The molecule has 0 aliphatic heterocycles. The van der Waals surface area contributed by atoms with Crippen LogP contribution >= 0.6 is 22.6 Å². The summed E-state index contributed by atoms with van der Waals surface area (Å²) in [6.45, 7) is 5.86. The number of rotatable bonds is 3. The van der Waals surface area contributed by atoms with Gasteiger partial charge in [0.25, 0.3) is 0 Å². The highest BCUT2D eigenvalue weighted by molar-refractivity contribution is 14.1. The standard InChI is InChI=1S/C11H13IO2/c1-7(2)9-5-8(12)6-10(13-3)11(9)14-4/h5-6H,1H2,2-4H3. The SMILES string of the molecule is C=C(C)c1cc(I)cc(OC)c1OC. The number of hydrogen-bond acceptors (Lipinski definition) is 2. The molecule has 0 saturated carbocycles. The van der Waals surface area contributed by atoms with E-state index in [1.54, 1.807) is 14.2 Å². The largest absolute Gasteiger partial charge is 0.493 e. The van der Waals surface area contributed by atoms with E-state index in [1.165, 1.54) is 0 Å². The Morgan fingerprint density at radius 1 is 1.29 bits per heavy atom. The van der Waals surface area contributed by atoms with Crippen molar-refractivity contribution in [2.24, 2.45) is 0 Å². The molecule has 0 N–H and O–H groups in total.